The lowest BCUT2D eigenvalue weighted by Gasteiger charge is -2.13. The van der Waals surface area contributed by atoms with Crippen molar-refractivity contribution in [2.45, 2.75) is 6.54 Å². The molecule has 0 saturated heterocycles. The number of hydrogen-bond acceptors (Lipinski definition) is 4. The van der Waals surface area contributed by atoms with Crippen LogP contribution in [0.3, 0.4) is 0 Å². The quantitative estimate of drug-likeness (QED) is 0.911. The molecule has 1 heterocycles. The van der Waals surface area contributed by atoms with Gasteiger partial charge in [0, 0.05) is 25.0 Å². The minimum Gasteiger partial charge on any atom is -0.497 e. The highest BCUT2D eigenvalue weighted by Gasteiger charge is 2.06. The second-order valence-corrected chi connectivity index (χ2v) is 4.29. The van der Waals surface area contributed by atoms with Crippen molar-refractivity contribution >= 4 is 17.3 Å². The van der Waals surface area contributed by atoms with Crippen molar-refractivity contribution in [3.8, 4) is 11.5 Å². The summed E-state index contributed by atoms with van der Waals surface area (Å²) >= 11 is 6.06. The predicted octanol–water partition coefficient (Wildman–Crippen LogP) is 3.36. The SMILES string of the molecule is COc1ccc(NCc2ccncc2Cl)c(OC)c1. The Balaban J connectivity index is 2.13. The van der Waals surface area contributed by atoms with Crippen LogP contribution in [0.4, 0.5) is 5.69 Å². The van der Waals surface area contributed by atoms with Gasteiger partial charge in [0.25, 0.3) is 0 Å². The van der Waals surface area contributed by atoms with Crippen molar-refractivity contribution in [3.05, 3.63) is 47.2 Å². The summed E-state index contributed by atoms with van der Waals surface area (Å²) in [6.07, 6.45) is 3.35. The Kier molecular flexibility index (Phi) is 4.47. The van der Waals surface area contributed by atoms with Gasteiger partial charge in [-0.3, -0.25) is 4.98 Å². The van der Waals surface area contributed by atoms with Crippen LogP contribution in [0.15, 0.2) is 36.7 Å². The molecule has 4 nitrogen and oxygen atoms in total. The highest BCUT2D eigenvalue weighted by molar-refractivity contribution is 6.31. The van der Waals surface area contributed by atoms with Gasteiger partial charge in [0.15, 0.2) is 0 Å². The third-order valence-corrected chi connectivity index (χ3v) is 3.07. The van der Waals surface area contributed by atoms with Crippen molar-refractivity contribution in [2.24, 2.45) is 0 Å². The Labute approximate surface area is 117 Å². The average molecular weight is 279 g/mol. The summed E-state index contributed by atoms with van der Waals surface area (Å²) in [5.74, 6) is 1.48. The normalized spacial score (nSPS) is 10.1. The van der Waals surface area contributed by atoms with E-state index in [2.05, 4.69) is 10.3 Å². The first-order valence-electron chi connectivity index (χ1n) is 5.79. The molecule has 0 spiro atoms. The molecule has 1 N–H and O–H groups in total. The maximum atomic E-state index is 6.06. The van der Waals surface area contributed by atoms with E-state index in [0.717, 1.165) is 22.7 Å². The van der Waals surface area contributed by atoms with Crippen LogP contribution in [-0.2, 0) is 6.54 Å². The summed E-state index contributed by atoms with van der Waals surface area (Å²) in [5.41, 5.74) is 1.87. The Bertz CT molecular complexity index is 561. The molecule has 0 aliphatic rings. The molecule has 1 aromatic carbocycles. The molecule has 0 unspecified atom stereocenters. The molecule has 100 valence electrons. The first-order chi connectivity index (χ1) is 9.24. The largest absolute Gasteiger partial charge is 0.497 e. The number of hydrogen-bond donors (Lipinski definition) is 1. The molecule has 0 saturated carbocycles. The van der Waals surface area contributed by atoms with Gasteiger partial charge in [-0.15, -0.1) is 0 Å². The highest BCUT2D eigenvalue weighted by Crippen LogP contribution is 2.29. The maximum Gasteiger partial charge on any atom is 0.145 e. The Morgan fingerprint density at radius 1 is 1.21 bits per heavy atom. The number of pyridine rings is 1. The summed E-state index contributed by atoms with van der Waals surface area (Å²) in [6, 6.07) is 7.49. The minimum absolute atomic E-state index is 0.601. The van der Waals surface area contributed by atoms with Crippen LogP contribution in [0, 0.1) is 0 Å². The summed E-state index contributed by atoms with van der Waals surface area (Å²) < 4.78 is 10.5. The summed E-state index contributed by atoms with van der Waals surface area (Å²) in [6.45, 7) is 0.601. The lowest BCUT2D eigenvalue weighted by atomic mass is 10.2. The van der Waals surface area contributed by atoms with Gasteiger partial charge in [0.1, 0.15) is 11.5 Å². The summed E-state index contributed by atoms with van der Waals surface area (Å²) in [4.78, 5) is 3.96. The number of nitrogens with zero attached hydrogens (tertiary/aromatic N) is 1. The molecule has 19 heavy (non-hydrogen) atoms. The number of halogens is 1. The molecule has 2 rings (SSSR count). The number of ether oxygens (including phenoxy) is 2. The van der Waals surface area contributed by atoms with Crippen molar-refractivity contribution < 1.29 is 9.47 Å². The molecular weight excluding hydrogens is 264 g/mol. The molecular formula is C14H15ClN2O2. The van der Waals surface area contributed by atoms with Gasteiger partial charge < -0.3 is 14.8 Å². The molecule has 5 heteroatoms. The number of rotatable bonds is 5. The third kappa shape index (κ3) is 3.29. The molecule has 1 aromatic heterocycles. The molecule has 0 aliphatic carbocycles. The van der Waals surface area contributed by atoms with Crippen molar-refractivity contribution in [2.75, 3.05) is 19.5 Å². The van der Waals surface area contributed by atoms with Gasteiger partial charge in [0.05, 0.1) is 24.9 Å². The number of aromatic nitrogens is 1. The molecule has 0 aliphatic heterocycles. The topological polar surface area (TPSA) is 43.4 Å². The maximum absolute atomic E-state index is 6.06. The second kappa shape index (κ2) is 6.29. The van der Waals surface area contributed by atoms with E-state index in [0.29, 0.717) is 11.6 Å². The molecule has 2 aromatic rings. The van der Waals surface area contributed by atoms with E-state index in [-0.39, 0.29) is 0 Å². The van der Waals surface area contributed by atoms with Crippen LogP contribution in [0.25, 0.3) is 0 Å². The van der Waals surface area contributed by atoms with Crippen LogP contribution in [0.1, 0.15) is 5.56 Å². The van der Waals surface area contributed by atoms with E-state index in [4.69, 9.17) is 21.1 Å². The second-order valence-electron chi connectivity index (χ2n) is 3.89. The number of methoxy groups -OCH3 is 2. The van der Waals surface area contributed by atoms with Gasteiger partial charge in [-0.25, -0.2) is 0 Å². The Hall–Kier alpha value is -1.94. The predicted molar refractivity (Wildman–Crippen MR) is 76.1 cm³/mol. The zero-order valence-electron chi connectivity index (χ0n) is 10.8. The van der Waals surface area contributed by atoms with Crippen LogP contribution in [-0.4, -0.2) is 19.2 Å². The van der Waals surface area contributed by atoms with Gasteiger partial charge in [-0.05, 0) is 23.8 Å². The fraction of sp³-hybridized carbons (Fsp3) is 0.214. The lowest BCUT2D eigenvalue weighted by Crippen LogP contribution is -2.02. The Morgan fingerprint density at radius 3 is 2.74 bits per heavy atom. The summed E-state index contributed by atoms with van der Waals surface area (Å²) in [7, 11) is 3.25. The fourth-order valence-corrected chi connectivity index (χ4v) is 1.87. The van der Waals surface area contributed by atoms with Crippen LogP contribution >= 0.6 is 11.6 Å². The van der Waals surface area contributed by atoms with E-state index < -0.39 is 0 Å². The van der Waals surface area contributed by atoms with E-state index in [9.17, 15) is 0 Å². The van der Waals surface area contributed by atoms with Gasteiger partial charge in [-0.1, -0.05) is 11.6 Å². The average Bonchev–Trinajstić information content (AvgIpc) is 2.46. The summed E-state index contributed by atoms with van der Waals surface area (Å²) in [5, 5.41) is 3.92. The van der Waals surface area contributed by atoms with Gasteiger partial charge in [-0.2, -0.15) is 0 Å². The standard InChI is InChI=1S/C14H15ClN2O2/c1-18-11-3-4-13(14(7-11)19-2)17-8-10-5-6-16-9-12(10)15/h3-7,9,17H,8H2,1-2H3. The lowest BCUT2D eigenvalue weighted by molar-refractivity contribution is 0.395. The van der Waals surface area contributed by atoms with Crippen LogP contribution in [0.5, 0.6) is 11.5 Å². The monoisotopic (exact) mass is 278 g/mol. The van der Waals surface area contributed by atoms with E-state index >= 15 is 0 Å². The van der Waals surface area contributed by atoms with E-state index in [1.54, 1.807) is 26.6 Å². The van der Waals surface area contributed by atoms with Crippen molar-refractivity contribution in [1.29, 1.82) is 0 Å². The zero-order valence-corrected chi connectivity index (χ0v) is 11.6. The minimum atomic E-state index is 0.601. The number of benzene rings is 1. The zero-order chi connectivity index (χ0) is 13.7. The van der Waals surface area contributed by atoms with E-state index in [1.165, 1.54) is 0 Å². The van der Waals surface area contributed by atoms with Crippen LogP contribution < -0.4 is 14.8 Å². The fourth-order valence-electron chi connectivity index (χ4n) is 1.68. The van der Waals surface area contributed by atoms with Crippen molar-refractivity contribution in [1.82, 2.24) is 4.98 Å². The molecule has 0 amide bonds. The molecule has 0 radical (unpaired) electrons. The number of anilines is 1. The van der Waals surface area contributed by atoms with Gasteiger partial charge >= 0.3 is 0 Å². The highest BCUT2D eigenvalue weighted by atomic mass is 35.5. The molecule has 0 atom stereocenters. The third-order valence-electron chi connectivity index (χ3n) is 2.73. The van der Waals surface area contributed by atoms with Gasteiger partial charge in [0.2, 0.25) is 0 Å². The number of nitrogens with one attached hydrogen (secondary N) is 1. The first-order valence-corrected chi connectivity index (χ1v) is 6.16. The molecule has 0 fully saturated rings. The van der Waals surface area contributed by atoms with Crippen molar-refractivity contribution in [3.63, 3.8) is 0 Å². The van der Waals surface area contributed by atoms with Crippen LogP contribution in [0.2, 0.25) is 5.02 Å². The Morgan fingerprint density at radius 2 is 2.05 bits per heavy atom. The van der Waals surface area contributed by atoms with E-state index in [1.807, 2.05) is 24.3 Å². The molecule has 0 bridgehead atoms. The smallest absolute Gasteiger partial charge is 0.145 e. The first kappa shape index (κ1) is 13.5.